The summed E-state index contributed by atoms with van der Waals surface area (Å²) in [6.07, 6.45) is -3.60. The molecule has 0 unspecified atom stereocenters. The lowest BCUT2D eigenvalue weighted by atomic mass is 9.99. The van der Waals surface area contributed by atoms with Crippen LogP contribution in [0.1, 0.15) is 28.7 Å². The van der Waals surface area contributed by atoms with Gasteiger partial charge in [-0.2, -0.15) is 13.2 Å². The molecule has 5 rings (SSSR count). The van der Waals surface area contributed by atoms with Gasteiger partial charge < -0.3 is 4.90 Å². The van der Waals surface area contributed by atoms with Gasteiger partial charge in [-0.1, -0.05) is 42.0 Å². The average Bonchev–Trinajstić information content (AvgIpc) is 3.26. The van der Waals surface area contributed by atoms with Gasteiger partial charge in [0.05, 0.1) is 24.2 Å². The third-order valence-electron chi connectivity index (χ3n) is 6.39. The summed E-state index contributed by atoms with van der Waals surface area (Å²) >= 11 is 0. The first-order chi connectivity index (χ1) is 15.8. The number of rotatable bonds is 4. The summed E-state index contributed by atoms with van der Waals surface area (Å²) < 4.78 is 38.7. The largest absolute Gasteiger partial charge is 0.416 e. The molecule has 3 aliphatic heterocycles. The number of carbonyl (C=O) groups excluding carboxylic acids is 1. The van der Waals surface area contributed by atoms with Crippen molar-refractivity contribution in [2.75, 3.05) is 26.2 Å². The summed E-state index contributed by atoms with van der Waals surface area (Å²) in [7, 11) is 0. The molecule has 2 aromatic carbocycles. The van der Waals surface area contributed by atoms with Crippen molar-refractivity contribution in [3.63, 3.8) is 0 Å². The van der Waals surface area contributed by atoms with E-state index in [1.807, 2.05) is 6.07 Å². The fraction of sp³-hybridized carbons (Fsp3) is 0.360. The van der Waals surface area contributed by atoms with E-state index < -0.39 is 11.7 Å². The van der Waals surface area contributed by atoms with Crippen molar-refractivity contribution in [1.29, 1.82) is 0 Å². The molecule has 0 aromatic heterocycles. The number of carbonyl (C=O) groups is 1. The molecule has 0 fully saturated rings. The summed E-state index contributed by atoms with van der Waals surface area (Å²) in [6.45, 7) is 5.78. The van der Waals surface area contributed by atoms with Crippen LogP contribution in [0.5, 0.6) is 0 Å². The number of alkyl halides is 3. The Morgan fingerprint density at radius 3 is 2.52 bits per heavy atom. The van der Waals surface area contributed by atoms with Crippen LogP contribution < -0.4 is 0 Å². The van der Waals surface area contributed by atoms with Crippen molar-refractivity contribution in [2.24, 2.45) is 4.99 Å². The van der Waals surface area contributed by atoms with Crippen LogP contribution in [0.15, 0.2) is 64.8 Å². The zero-order valence-electron chi connectivity index (χ0n) is 18.4. The Labute approximate surface area is 190 Å². The van der Waals surface area contributed by atoms with Crippen molar-refractivity contribution in [2.45, 2.75) is 32.6 Å². The molecule has 0 saturated carbocycles. The third-order valence-corrected chi connectivity index (χ3v) is 6.39. The number of nitrogens with zero attached hydrogens (tertiary/aromatic N) is 4. The van der Waals surface area contributed by atoms with Crippen molar-refractivity contribution >= 4 is 11.9 Å². The molecule has 3 aliphatic rings. The van der Waals surface area contributed by atoms with Crippen LogP contribution in [0, 0.1) is 6.92 Å². The van der Waals surface area contributed by atoms with E-state index in [0.29, 0.717) is 24.6 Å². The second kappa shape index (κ2) is 8.33. The van der Waals surface area contributed by atoms with Gasteiger partial charge in [-0.3, -0.25) is 19.6 Å². The van der Waals surface area contributed by atoms with Crippen LogP contribution >= 0.6 is 0 Å². The molecule has 172 valence electrons. The van der Waals surface area contributed by atoms with E-state index in [4.69, 9.17) is 0 Å². The minimum atomic E-state index is -4.38. The monoisotopic (exact) mass is 454 g/mol. The molecule has 5 nitrogen and oxygen atoms in total. The standard InChI is InChI=1S/C25H25F3N4O/c1-17-3-2-4-19(13-17)14-30-11-9-22-21(16-30)23(33)32(24-29-10-12-31(22)24)15-18-5-7-20(8-6-18)25(26,27)28/h2-8,13H,9-12,14-16H2,1H3. The predicted molar refractivity (Wildman–Crippen MR) is 119 cm³/mol. The van der Waals surface area contributed by atoms with Gasteiger partial charge in [0.15, 0.2) is 0 Å². The van der Waals surface area contributed by atoms with E-state index >= 15 is 0 Å². The van der Waals surface area contributed by atoms with Crippen LogP contribution in [0.3, 0.4) is 0 Å². The SMILES string of the molecule is Cc1cccc(CN2CCC3=C(C2)C(=O)N(Cc2ccc(C(F)(F)F)cc2)C2=NCCN23)c1. The molecule has 0 spiro atoms. The van der Waals surface area contributed by atoms with Crippen LogP contribution in [0.4, 0.5) is 13.2 Å². The Balaban J connectivity index is 1.37. The van der Waals surface area contributed by atoms with Crippen LogP contribution in [0.2, 0.25) is 0 Å². The molecule has 3 heterocycles. The van der Waals surface area contributed by atoms with Crippen LogP contribution in [-0.2, 0) is 24.1 Å². The number of aliphatic imine (C=N–C) groups is 1. The summed E-state index contributed by atoms with van der Waals surface area (Å²) in [5.74, 6) is 0.515. The Hall–Kier alpha value is -3.13. The molecule has 1 amide bonds. The van der Waals surface area contributed by atoms with Gasteiger partial charge in [-0.15, -0.1) is 0 Å². The van der Waals surface area contributed by atoms with E-state index in [1.165, 1.54) is 23.3 Å². The number of aryl methyl sites for hydroxylation is 1. The molecule has 0 saturated heterocycles. The molecule has 0 radical (unpaired) electrons. The summed E-state index contributed by atoms with van der Waals surface area (Å²) in [4.78, 5) is 24.1. The summed E-state index contributed by atoms with van der Waals surface area (Å²) in [5.41, 5.74) is 4.18. The zero-order valence-corrected chi connectivity index (χ0v) is 18.4. The molecule has 33 heavy (non-hydrogen) atoms. The smallest absolute Gasteiger partial charge is 0.314 e. The maximum absolute atomic E-state index is 13.5. The second-order valence-corrected chi connectivity index (χ2v) is 8.79. The van der Waals surface area contributed by atoms with E-state index in [0.717, 1.165) is 49.5 Å². The highest BCUT2D eigenvalue weighted by Crippen LogP contribution is 2.33. The Morgan fingerprint density at radius 2 is 1.79 bits per heavy atom. The molecular formula is C25H25F3N4O. The van der Waals surface area contributed by atoms with Gasteiger partial charge in [0.2, 0.25) is 5.96 Å². The lowest BCUT2D eigenvalue weighted by molar-refractivity contribution is -0.137. The number of hydrogen-bond donors (Lipinski definition) is 0. The summed E-state index contributed by atoms with van der Waals surface area (Å²) in [6, 6.07) is 13.4. The van der Waals surface area contributed by atoms with Crippen LogP contribution in [-0.4, -0.2) is 52.7 Å². The minimum Gasteiger partial charge on any atom is -0.314 e. The summed E-state index contributed by atoms with van der Waals surface area (Å²) in [5, 5.41) is 0. The Kier molecular flexibility index (Phi) is 5.48. The number of halogens is 3. The van der Waals surface area contributed by atoms with Crippen molar-refractivity contribution in [3.8, 4) is 0 Å². The first-order valence-electron chi connectivity index (χ1n) is 11.1. The van der Waals surface area contributed by atoms with Gasteiger partial charge in [-0.25, -0.2) is 0 Å². The zero-order chi connectivity index (χ0) is 23.2. The van der Waals surface area contributed by atoms with Crippen molar-refractivity contribution < 1.29 is 18.0 Å². The minimum absolute atomic E-state index is 0.101. The first kappa shape index (κ1) is 21.7. The number of fused-ring (bicyclic) bond motifs is 2. The van der Waals surface area contributed by atoms with E-state index in [9.17, 15) is 18.0 Å². The maximum Gasteiger partial charge on any atom is 0.416 e. The maximum atomic E-state index is 13.5. The van der Waals surface area contributed by atoms with Crippen LogP contribution in [0.25, 0.3) is 0 Å². The van der Waals surface area contributed by atoms with Gasteiger partial charge in [0, 0.05) is 38.3 Å². The molecule has 8 heteroatoms. The van der Waals surface area contributed by atoms with Crippen molar-refractivity contribution in [1.82, 2.24) is 14.7 Å². The van der Waals surface area contributed by atoms with Gasteiger partial charge in [0.1, 0.15) is 0 Å². The van der Waals surface area contributed by atoms with Gasteiger partial charge >= 0.3 is 6.18 Å². The fourth-order valence-corrected chi connectivity index (χ4v) is 4.80. The quantitative estimate of drug-likeness (QED) is 0.696. The molecule has 2 aromatic rings. The third kappa shape index (κ3) is 4.27. The predicted octanol–water partition coefficient (Wildman–Crippen LogP) is 4.19. The van der Waals surface area contributed by atoms with Gasteiger partial charge in [-0.05, 0) is 30.2 Å². The normalized spacial score (nSPS) is 19.0. The number of amides is 1. The second-order valence-electron chi connectivity index (χ2n) is 8.79. The number of benzene rings is 2. The average molecular weight is 454 g/mol. The highest BCUT2D eigenvalue weighted by molar-refractivity contribution is 6.09. The Morgan fingerprint density at radius 1 is 1.00 bits per heavy atom. The molecular weight excluding hydrogens is 429 g/mol. The molecule has 0 aliphatic carbocycles. The number of guanidine groups is 1. The molecule has 0 N–H and O–H groups in total. The topological polar surface area (TPSA) is 39.2 Å². The highest BCUT2D eigenvalue weighted by Gasteiger charge is 2.41. The van der Waals surface area contributed by atoms with Gasteiger partial charge in [0.25, 0.3) is 5.91 Å². The lowest BCUT2D eigenvalue weighted by Gasteiger charge is -2.42. The van der Waals surface area contributed by atoms with Crippen molar-refractivity contribution in [3.05, 3.63) is 82.1 Å². The lowest BCUT2D eigenvalue weighted by Crippen LogP contribution is -2.53. The Bertz CT molecular complexity index is 1140. The molecule has 0 atom stereocenters. The molecule has 0 bridgehead atoms. The first-order valence-corrected chi connectivity index (χ1v) is 11.1. The fourth-order valence-electron chi connectivity index (χ4n) is 4.80. The number of hydrogen-bond acceptors (Lipinski definition) is 4. The van der Waals surface area contributed by atoms with E-state index in [-0.39, 0.29) is 12.5 Å². The van der Waals surface area contributed by atoms with E-state index in [2.05, 4.69) is 39.9 Å². The van der Waals surface area contributed by atoms with E-state index in [1.54, 1.807) is 4.90 Å². The highest BCUT2D eigenvalue weighted by atomic mass is 19.4.